The van der Waals surface area contributed by atoms with Crippen LogP contribution in [0, 0.1) is 35.0 Å². The Bertz CT molecular complexity index is 429. The molecule has 3 fully saturated rings. The minimum Gasteiger partial charge on any atom is -0.513 e. The van der Waals surface area contributed by atoms with Crippen molar-refractivity contribution in [2.45, 2.75) is 64.4 Å². The van der Waals surface area contributed by atoms with Crippen LogP contribution < -0.4 is 0 Å². The van der Waals surface area contributed by atoms with E-state index in [1.807, 2.05) is 0 Å². The van der Waals surface area contributed by atoms with Gasteiger partial charge >= 0.3 is 0 Å². The van der Waals surface area contributed by atoms with Gasteiger partial charge in [0.25, 0.3) is 0 Å². The molecule has 2 nitrogen and oxygen atoms in total. The van der Waals surface area contributed by atoms with E-state index < -0.39 is 0 Å². The summed E-state index contributed by atoms with van der Waals surface area (Å²) in [5.41, 5.74) is 0.209. The molecule has 3 saturated carbocycles. The number of fused-ring (bicyclic) bond motifs is 5. The maximum atomic E-state index is 10.4. The summed E-state index contributed by atoms with van der Waals surface area (Å²) in [4.78, 5) is 0. The molecule has 2 heteroatoms. The van der Waals surface area contributed by atoms with Crippen LogP contribution in [0.15, 0.2) is 11.8 Å². The van der Waals surface area contributed by atoms with E-state index in [-0.39, 0.29) is 11.5 Å². The van der Waals surface area contributed by atoms with Crippen LogP contribution in [0.4, 0.5) is 0 Å². The first kappa shape index (κ1) is 13.2. The molecule has 4 aliphatic rings. The van der Waals surface area contributed by atoms with Gasteiger partial charge in [0.05, 0.1) is 11.9 Å². The third-order valence-electron chi connectivity index (χ3n) is 7.52. The standard InChI is InChI=1S/C18H28O2/c1-18-9-8-14-13-5-3-12(19)10-11(13)2-4-15(14)16(18)6-7-17(18)20/h10-11,13-17,19-20H,2-9H2,1H3/t11-,13-,14+,15+,16-,17-,18-/m0/s1. The van der Waals surface area contributed by atoms with Gasteiger partial charge in [-0.1, -0.05) is 6.92 Å². The van der Waals surface area contributed by atoms with E-state index in [0.717, 1.165) is 36.5 Å². The highest BCUT2D eigenvalue weighted by atomic mass is 16.3. The lowest BCUT2D eigenvalue weighted by atomic mass is 9.51. The number of allylic oxidation sites excluding steroid dienone is 2. The largest absolute Gasteiger partial charge is 0.513 e. The van der Waals surface area contributed by atoms with Gasteiger partial charge in [0, 0.05) is 6.42 Å². The van der Waals surface area contributed by atoms with Crippen molar-refractivity contribution in [2.24, 2.45) is 35.0 Å². The third-order valence-corrected chi connectivity index (χ3v) is 7.52. The molecule has 112 valence electrons. The van der Waals surface area contributed by atoms with E-state index in [1.165, 1.54) is 38.5 Å². The van der Waals surface area contributed by atoms with Crippen molar-refractivity contribution in [3.8, 4) is 0 Å². The van der Waals surface area contributed by atoms with Crippen molar-refractivity contribution in [3.63, 3.8) is 0 Å². The summed E-state index contributed by atoms with van der Waals surface area (Å²) in [5, 5.41) is 20.2. The Balaban J connectivity index is 1.60. The molecule has 0 aromatic rings. The Labute approximate surface area is 122 Å². The van der Waals surface area contributed by atoms with Crippen molar-refractivity contribution < 1.29 is 10.2 Å². The Morgan fingerprint density at radius 3 is 2.70 bits per heavy atom. The maximum absolute atomic E-state index is 10.4. The molecule has 0 aromatic carbocycles. The zero-order chi connectivity index (χ0) is 13.9. The quantitative estimate of drug-likeness (QED) is 0.700. The zero-order valence-electron chi connectivity index (χ0n) is 12.6. The van der Waals surface area contributed by atoms with Crippen molar-refractivity contribution in [3.05, 3.63) is 11.8 Å². The minimum atomic E-state index is -0.0542. The molecule has 4 aliphatic carbocycles. The number of hydrogen-bond donors (Lipinski definition) is 2. The molecule has 20 heavy (non-hydrogen) atoms. The predicted molar refractivity (Wildman–Crippen MR) is 79.2 cm³/mol. The molecule has 0 aromatic heterocycles. The van der Waals surface area contributed by atoms with Gasteiger partial charge in [-0.25, -0.2) is 0 Å². The van der Waals surface area contributed by atoms with Gasteiger partial charge in [-0.15, -0.1) is 0 Å². The predicted octanol–water partition coefficient (Wildman–Crippen LogP) is 4.05. The fourth-order valence-electron chi connectivity index (χ4n) is 6.43. The lowest BCUT2D eigenvalue weighted by molar-refractivity contribution is -0.0721. The molecule has 0 amide bonds. The number of aliphatic hydroxyl groups is 2. The lowest BCUT2D eigenvalue weighted by Crippen LogP contribution is -2.48. The molecule has 0 radical (unpaired) electrons. The number of hydrogen-bond acceptors (Lipinski definition) is 2. The molecule has 2 N–H and O–H groups in total. The molecular weight excluding hydrogens is 248 g/mol. The molecule has 4 rings (SSSR count). The third kappa shape index (κ3) is 1.73. The second-order valence-corrected chi connectivity index (χ2v) is 8.17. The van der Waals surface area contributed by atoms with E-state index in [4.69, 9.17) is 0 Å². The molecule has 0 unspecified atom stereocenters. The van der Waals surface area contributed by atoms with E-state index >= 15 is 0 Å². The van der Waals surface area contributed by atoms with E-state index in [1.54, 1.807) is 0 Å². The van der Waals surface area contributed by atoms with Crippen LogP contribution in [-0.4, -0.2) is 16.3 Å². The minimum absolute atomic E-state index is 0.0542. The first-order valence-electron chi connectivity index (χ1n) is 8.67. The number of aliphatic hydroxyl groups excluding tert-OH is 2. The van der Waals surface area contributed by atoms with Crippen LogP contribution in [0.2, 0.25) is 0 Å². The van der Waals surface area contributed by atoms with Crippen LogP contribution in [-0.2, 0) is 0 Å². The van der Waals surface area contributed by atoms with Crippen LogP contribution in [0.25, 0.3) is 0 Å². The number of rotatable bonds is 0. The van der Waals surface area contributed by atoms with Crippen LogP contribution in [0.5, 0.6) is 0 Å². The zero-order valence-corrected chi connectivity index (χ0v) is 12.6. The maximum Gasteiger partial charge on any atom is 0.0885 e. The molecule has 0 aliphatic heterocycles. The van der Waals surface area contributed by atoms with E-state index in [9.17, 15) is 10.2 Å². The van der Waals surface area contributed by atoms with Gasteiger partial charge in [-0.2, -0.15) is 0 Å². The highest BCUT2D eigenvalue weighted by molar-refractivity contribution is 5.11. The van der Waals surface area contributed by atoms with Crippen molar-refractivity contribution in [1.29, 1.82) is 0 Å². The summed E-state index contributed by atoms with van der Waals surface area (Å²) >= 11 is 0. The van der Waals surface area contributed by atoms with Gasteiger partial charge < -0.3 is 10.2 Å². The Morgan fingerprint density at radius 2 is 1.85 bits per heavy atom. The molecule has 0 bridgehead atoms. The Morgan fingerprint density at radius 1 is 1.00 bits per heavy atom. The fraction of sp³-hybridized carbons (Fsp3) is 0.889. The van der Waals surface area contributed by atoms with Crippen LogP contribution >= 0.6 is 0 Å². The summed E-state index contributed by atoms with van der Waals surface area (Å²) in [6.07, 6.45) is 11.6. The second kappa shape index (κ2) is 4.50. The van der Waals surface area contributed by atoms with E-state index in [2.05, 4.69) is 13.0 Å². The average molecular weight is 276 g/mol. The van der Waals surface area contributed by atoms with E-state index in [0.29, 0.717) is 11.7 Å². The van der Waals surface area contributed by atoms with Gasteiger partial charge in [0.15, 0.2) is 0 Å². The van der Waals surface area contributed by atoms with Crippen LogP contribution in [0.3, 0.4) is 0 Å². The highest BCUT2D eigenvalue weighted by Gasteiger charge is 2.56. The summed E-state index contributed by atoms with van der Waals surface area (Å²) in [5.74, 6) is 4.56. The summed E-state index contributed by atoms with van der Waals surface area (Å²) in [6.45, 7) is 2.35. The van der Waals surface area contributed by atoms with Gasteiger partial charge in [-0.05, 0) is 86.0 Å². The molecule has 0 saturated heterocycles. The first-order chi connectivity index (χ1) is 9.59. The summed E-state index contributed by atoms with van der Waals surface area (Å²) in [7, 11) is 0. The van der Waals surface area contributed by atoms with Crippen LogP contribution in [0.1, 0.15) is 58.3 Å². The molecular formula is C18H28O2. The average Bonchev–Trinajstić information content (AvgIpc) is 2.74. The molecule has 0 heterocycles. The van der Waals surface area contributed by atoms with Gasteiger partial charge in [0.1, 0.15) is 0 Å². The Kier molecular flexibility index (Phi) is 2.96. The molecule has 7 atom stereocenters. The Hall–Kier alpha value is -0.500. The molecule has 0 spiro atoms. The lowest BCUT2D eigenvalue weighted by Gasteiger charge is -2.54. The monoisotopic (exact) mass is 276 g/mol. The summed E-state index contributed by atoms with van der Waals surface area (Å²) in [6, 6.07) is 0. The first-order valence-corrected chi connectivity index (χ1v) is 8.67. The topological polar surface area (TPSA) is 40.5 Å². The SMILES string of the molecule is C[C@]12CC[C@@H]3[C@H]4CCC(O)=C[C@@H]4CC[C@H]3[C@@H]1CC[C@@H]2O. The smallest absolute Gasteiger partial charge is 0.0885 e. The highest BCUT2D eigenvalue weighted by Crippen LogP contribution is 2.62. The van der Waals surface area contributed by atoms with Crippen molar-refractivity contribution >= 4 is 0 Å². The normalized spacial score (nSPS) is 54.6. The van der Waals surface area contributed by atoms with Crippen molar-refractivity contribution in [2.75, 3.05) is 0 Å². The summed E-state index contributed by atoms with van der Waals surface area (Å²) < 4.78 is 0. The fourth-order valence-corrected chi connectivity index (χ4v) is 6.43. The van der Waals surface area contributed by atoms with Gasteiger partial charge in [-0.3, -0.25) is 0 Å². The van der Waals surface area contributed by atoms with Crippen molar-refractivity contribution in [1.82, 2.24) is 0 Å². The van der Waals surface area contributed by atoms with Gasteiger partial charge in [0.2, 0.25) is 0 Å². The second-order valence-electron chi connectivity index (χ2n) is 8.17.